The molecule has 0 radical (unpaired) electrons. The fourth-order valence-corrected chi connectivity index (χ4v) is 3.16. The second kappa shape index (κ2) is 6.83. The van der Waals surface area contributed by atoms with Crippen molar-refractivity contribution in [2.75, 3.05) is 11.9 Å². The number of carbonyl (C=O) groups excluding carboxylic acids is 2. The van der Waals surface area contributed by atoms with Gasteiger partial charge in [0.1, 0.15) is 5.75 Å². The molecule has 1 atom stereocenters. The molecule has 0 saturated carbocycles. The molecular formula is C17H18N2O3S. The minimum Gasteiger partial charge on any atom is -0.482 e. The predicted octanol–water partition coefficient (Wildman–Crippen LogP) is 2.89. The van der Waals surface area contributed by atoms with Crippen molar-refractivity contribution in [3.05, 3.63) is 46.2 Å². The maximum Gasteiger partial charge on any atom is 0.262 e. The zero-order valence-corrected chi connectivity index (χ0v) is 13.6. The lowest BCUT2D eigenvalue weighted by Gasteiger charge is -2.21. The van der Waals surface area contributed by atoms with Gasteiger partial charge in [-0.1, -0.05) is 6.07 Å². The molecule has 3 rings (SSSR count). The van der Waals surface area contributed by atoms with Crippen LogP contribution in [0.25, 0.3) is 0 Å². The topological polar surface area (TPSA) is 67.4 Å². The van der Waals surface area contributed by atoms with Crippen molar-refractivity contribution in [1.29, 1.82) is 0 Å². The van der Waals surface area contributed by atoms with Crippen molar-refractivity contribution in [3.63, 3.8) is 0 Å². The van der Waals surface area contributed by atoms with Crippen molar-refractivity contribution in [3.8, 4) is 5.75 Å². The molecule has 0 fully saturated rings. The first-order chi connectivity index (χ1) is 11.1. The maximum atomic E-state index is 12.1. The van der Waals surface area contributed by atoms with Gasteiger partial charge < -0.3 is 15.4 Å². The summed E-state index contributed by atoms with van der Waals surface area (Å²) < 4.78 is 5.33. The van der Waals surface area contributed by atoms with E-state index in [0.29, 0.717) is 17.9 Å². The minimum atomic E-state index is -0.165. The van der Waals surface area contributed by atoms with Gasteiger partial charge in [-0.15, -0.1) is 0 Å². The lowest BCUT2D eigenvalue weighted by Crippen LogP contribution is -2.28. The van der Waals surface area contributed by atoms with E-state index in [1.165, 1.54) is 5.56 Å². The number of thiophene rings is 1. The fraction of sp³-hybridized carbons (Fsp3) is 0.294. The van der Waals surface area contributed by atoms with Gasteiger partial charge in [-0.05, 0) is 53.4 Å². The van der Waals surface area contributed by atoms with Crippen LogP contribution in [0.5, 0.6) is 5.75 Å². The molecule has 0 saturated heterocycles. The molecule has 120 valence electrons. The summed E-state index contributed by atoms with van der Waals surface area (Å²) in [5.74, 6) is 0.508. The van der Waals surface area contributed by atoms with Gasteiger partial charge in [0.25, 0.3) is 5.91 Å². The number of carbonyl (C=O) groups is 2. The quantitative estimate of drug-likeness (QED) is 0.886. The van der Waals surface area contributed by atoms with Gasteiger partial charge in [-0.3, -0.25) is 9.59 Å². The third-order valence-corrected chi connectivity index (χ3v) is 4.47. The van der Waals surface area contributed by atoms with E-state index in [2.05, 4.69) is 16.0 Å². The summed E-state index contributed by atoms with van der Waals surface area (Å²) in [4.78, 5) is 23.4. The van der Waals surface area contributed by atoms with Gasteiger partial charge >= 0.3 is 0 Å². The Morgan fingerprint density at radius 2 is 2.30 bits per heavy atom. The van der Waals surface area contributed by atoms with Crippen LogP contribution >= 0.6 is 11.3 Å². The highest BCUT2D eigenvalue weighted by Gasteiger charge is 2.18. The van der Waals surface area contributed by atoms with E-state index in [9.17, 15) is 9.59 Å². The lowest BCUT2D eigenvalue weighted by molar-refractivity contribution is -0.121. The van der Waals surface area contributed by atoms with Crippen molar-refractivity contribution >= 4 is 28.8 Å². The fourth-order valence-electron chi connectivity index (χ4n) is 2.46. The third-order valence-electron chi connectivity index (χ3n) is 3.73. The summed E-state index contributed by atoms with van der Waals surface area (Å²) in [6, 6.07) is 7.47. The molecule has 2 aromatic rings. The molecular weight excluding hydrogens is 312 g/mol. The van der Waals surface area contributed by atoms with E-state index < -0.39 is 0 Å². The van der Waals surface area contributed by atoms with E-state index in [-0.39, 0.29) is 24.5 Å². The van der Waals surface area contributed by atoms with Crippen molar-refractivity contribution in [2.45, 2.75) is 25.8 Å². The molecule has 5 nitrogen and oxygen atoms in total. The highest BCUT2D eigenvalue weighted by Crippen LogP contribution is 2.30. The van der Waals surface area contributed by atoms with Crippen LogP contribution in [-0.2, 0) is 16.0 Å². The zero-order valence-electron chi connectivity index (χ0n) is 12.8. The van der Waals surface area contributed by atoms with Crippen molar-refractivity contribution in [2.24, 2.45) is 0 Å². The number of aryl methyl sites for hydroxylation is 1. The number of rotatable bonds is 5. The molecule has 2 heterocycles. The molecule has 23 heavy (non-hydrogen) atoms. The Balaban J connectivity index is 1.59. The van der Waals surface area contributed by atoms with Crippen LogP contribution < -0.4 is 15.4 Å². The zero-order chi connectivity index (χ0) is 16.2. The molecule has 0 aliphatic carbocycles. The smallest absolute Gasteiger partial charge is 0.262 e. The Morgan fingerprint density at radius 1 is 1.43 bits per heavy atom. The highest BCUT2D eigenvalue weighted by molar-refractivity contribution is 7.07. The maximum absolute atomic E-state index is 12.1. The molecule has 2 N–H and O–H groups in total. The summed E-state index contributed by atoms with van der Waals surface area (Å²) >= 11 is 1.64. The van der Waals surface area contributed by atoms with Crippen LogP contribution in [0, 0.1) is 0 Å². The highest BCUT2D eigenvalue weighted by atomic mass is 32.1. The van der Waals surface area contributed by atoms with E-state index in [4.69, 9.17) is 4.74 Å². The molecule has 0 bridgehead atoms. The van der Waals surface area contributed by atoms with Crippen LogP contribution in [0.4, 0.5) is 5.69 Å². The largest absolute Gasteiger partial charge is 0.482 e. The molecule has 1 aromatic carbocycles. The molecule has 1 aliphatic rings. The number of ether oxygens (including phenoxy) is 1. The minimum absolute atomic E-state index is 0.0155. The van der Waals surface area contributed by atoms with Crippen LogP contribution in [0.15, 0.2) is 35.0 Å². The van der Waals surface area contributed by atoms with Crippen LogP contribution in [-0.4, -0.2) is 18.4 Å². The number of fused-ring (bicyclic) bond motifs is 1. The van der Waals surface area contributed by atoms with E-state index in [1.54, 1.807) is 11.3 Å². The SMILES string of the molecule is C[C@H](NC(=O)CCc1ccsc1)c1ccc2c(c1)NC(=O)CO2. The molecule has 0 unspecified atom stereocenters. The van der Waals surface area contributed by atoms with Crippen LogP contribution in [0.3, 0.4) is 0 Å². The predicted molar refractivity (Wildman–Crippen MR) is 89.8 cm³/mol. The summed E-state index contributed by atoms with van der Waals surface area (Å²) in [6.07, 6.45) is 1.21. The third kappa shape index (κ3) is 3.90. The van der Waals surface area contributed by atoms with Gasteiger partial charge in [0.05, 0.1) is 11.7 Å². The Labute approximate surface area is 138 Å². The Kier molecular flexibility index (Phi) is 4.62. The Hall–Kier alpha value is -2.34. The van der Waals surface area contributed by atoms with Gasteiger partial charge in [0, 0.05) is 6.42 Å². The molecule has 6 heteroatoms. The second-order valence-corrected chi connectivity index (χ2v) is 6.29. The summed E-state index contributed by atoms with van der Waals surface area (Å²) in [5.41, 5.74) is 2.77. The average Bonchev–Trinajstić information content (AvgIpc) is 3.05. The molecule has 2 amide bonds. The molecule has 1 aliphatic heterocycles. The van der Waals surface area contributed by atoms with E-state index in [0.717, 1.165) is 12.0 Å². The van der Waals surface area contributed by atoms with Gasteiger partial charge in [-0.25, -0.2) is 0 Å². The van der Waals surface area contributed by atoms with Crippen LogP contribution in [0.1, 0.15) is 30.5 Å². The second-order valence-electron chi connectivity index (χ2n) is 5.51. The molecule has 0 spiro atoms. The number of hydrogen-bond donors (Lipinski definition) is 2. The number of nitrogens with one attached hydrogen (secondary N) is 2. The summed E-state index contributed by atoms with van der Waals surface area (Å²) in [5, 5.41) is 9.84. The monoisotopic (exact) mass is 330 g/mol. The summed E-state index contributed by atoms with van der Waals surface area (Å²) in [7, 11) is 0. The number of anilines is 1. The van der Waals surface area contributed by atoms with Gasteiger partial charge in [-0.2, -0.15) is 11.3 Å². The van der Waals surface area contributed by atoms with Gasteiger partial charge in [0.15, 0.2) is 6.61 Å². The normalized spacial score (nSPS) is 14.4. The number of hydrogen-bond acceptors (Lipinski definition) is 4. The van der Waals surface area contributed by atoms with Gasteiger partial charge in [0.2, 0.25) is 5.91 Å². The molecule has 1 aromatic heterocycles. The van der Waals surface area contributed by atoms with Crippen LogP contribution in [0.2, 0.25) is 0 Å². The first kappa shape index (κ1) is 15.6. The number of benzene rings is 1. The first-order valence-electron chi connectivity index (χ1n) is 7.49. The summed E-state index contributed by atoms with van der Waals surface area (Å²) in [6.45, 7) is 1.97. The Morgan fingerprint density at radius 3 is 3.09 bits per heavy atom. The van der Waals surface area contributed by atoms with Crippen molar-refractivity contribution < 1.29 is 14.3 Å². The first-order valence-corrected chi connectivity index (χ1v) is 8.43. The van der Waals surface area contributed by atoms with E-state index >= 15 is 0 Å². The Bertz CT molecular complexity index is 713. The van der Waals surface area contributed by atoms with Crippen molar-refractivity contribution in [1.82, 2.24) is 5.32 Å². The average molecular weight is 330 g/mol. The van der Waals surface area contributed by atoms with E-state index in [1.807, 2.05) is 36.6 Å². The standard InChI is InChI=1S/C17H18N2O3S/c1-11(18-16(20)5-2-12-6-7-23-10-12)13-3-4-15-14(8-13)19-17(21)9-22-15/h3-4,6-8,10-11H,2,5,9H2,1H3,(H,18,20)(H,19,21)/t11-/m0/s1. The lowest BCUT2D eigenvalue weighted by atomic mass is 10.1. The number of amides is 2.